The third-order valence-electron chi connectivity index (χ3n) is 3.35. The number of esters is 2. The largest absolute Gasteiger partial charge is 0.503 e. The van der Waals surface area contributed by atoms with Crippen LogP contribution in [0.4, 0.5) is 0 Å². The Hall–Kier alpha value is -2.96. The van der Waals surface area contributed by atoms with E-state index in [1.165, 1.54) is 0 Å². The molecule has 0 radical (unpaired) electrons. The fourth-order valence-electron chi connectivity index (χ4n) is 2.27. The molecule has 128 valence electrons. The van der Waals surface area contributed by atoms with E-state index in [-0.39, 0.29) is 24.6 Å². The highest BCUT2D eigenvalue weighted by molar-refractivity contribution is 6.00. The molecule has 0 amide bonds. The Morgan fingerprint density at radius 2 is 1.33 bits per heavy atom. The fourth-order valence-corrected chi connectivity index (χ4v) is 2.27. The van der Waals surface area contributed by atoms with Crippen LogP contribution in [-0.2, 0) is 9.47 Å². The van der Waals surface area contributed by atoms with Crippen LogP contribution in [0.1, 0.15) is 40.4 Å². The van der Waals surface area contributed by atoms with E-state index in [1.807, 2.05) is 6.92 Å². The first-order valence-corrected chi connectivity index (χ1v) is 7.50. The van der Waals surface area contributed by atoms with Crippen molar-refractivity contribution in [2.24, 2.45) is 0 Å². The zero-order chi connectivity index (χ0) is 17.9. The van der Waals surface area contributed by atoms with E-state index in [4.69, 9.17) is 9.47 Å². The predicted octanol–water partition coefficient (Wildman–Crippen LogP) is 2.55. The number of ether oxygens (including phenoxy) is 2. The fraction of sp³-hybridized carbons (Fsp3) is 0.294. The normalized spacial score (nSPS) is 10.5. The Morgan fingerprint density at radius 3 is 1.71 bits per heavy atom. The molecule has 0 unspecified atom stereocenters. The van der Waals surface area contributed by atoms with Gasteiger partial charge in [-0.3, -0.25) is 4.57 Å². The number of aromatic hydroxyl groups is 2. The molecule has 0 saturated carbocycles. The smallest absolute Gasteiger partial charge is 0.359 e. The van der Waals surface area contributed by atoms with Crippen molar-refractivity contribution in [3.8, 4) is 17.2 Å². The maximum atomic E-state index is 12.2. The Bertz CT molecular complexity index is 719. The van der Waals surface area contributed by atoms with Crippen LogP contribution in [0.25, 0.3) is 5.69 Å². The van der Waals surface area contributed by atoms with Crippen molar-refractivity contribution in [3.05, 3.63) is 41.2 Å². The molecule has 0 fully saturated rings. The quantitative estimate of drug-likeness (QED) is 0.816. The number of aryl methyl sites for hydroxylation is 1. The number of nitrogens with zero attached hydrogens (tertiary/aromatic N) is 1. The molecule has 2 aromatic rings. The molecule has 1 aromatic heterocycles. The molecule has 0 atom stereocenters. The Kier molecular flexibility index (Phi) is 5.13. The van der Waals surface area contributed by atoms with Crippen molar-refractivity contribution in [1.29, 1.82) is 0 Å². The molecule has 0 aliphatic rings. The van der Waals surface area contributed by atoms with Crippen LogP contribution in [0, 0.1) is 6.92 Å². The van der Waals surface area contributed by atoms with Crippen molar-refractivity contribution in [1.82, 2.24) is 4.57 Å². The van der Waals surface area contributed by atoms with Crippen LogP contribution in [0.15, 0.2) is 24.3 Å². The van der Waals surface area contributed by atoms with Gasteiger partial charge in [-0.25, -0.2) is 9.59 Å². The van der Waals surface area contributed by atoms with Crippen molar-refractivity contribution < 1.29 is 29.3 Å². The lowest BCUT2D eigenvalue weighted by atomic mass is 10.2. The molecular formula is C17H19NO6. The summed E-state index contributed by atoms with van der Waals surface area (Å²) in [6.07, 6.45) is 0. The highest BCUT2D eigenvalue weighted by Crippen LogP contribution is 2.39. The van der Waals surface area contributed by atoms with Crippen LogP contribution in [0.3, 0.4) is 0 Å². The number of hydrogen-bond donors (Lipinski definition) is 2. The van der Waals surface area contributed by atoms with E-state index in [2.05, 4.69) is 0 Å². The number of carbonyl (C=O) groups excluding carboxylic acids is 2. The molecule has 1 aromatic carbocycles. The van der Waals surface area contributed by atoms with E-state index in [9.17, 15) is 19.8 Å². The summed E-state index contributed by atoms with van der Waals surface area (Å²) in [6, 6.07) is 6.85. The lowest BCUT2D eigenvalue weighted by Gasteiger charge is -2.12. The summed E-state index contributed by atoms with van der Waals surface area (Å²) in [6.45, 7) is 5.26. The monoisotopic (exact) mass is 333 g/mol. The zero-order valence-corrected chi connectivity index (χ0v) is 13.7. The zero-order valence-electron chi connectivity index (χ0n) is 13.7. The maximum Gasteiger partial charge on any atom is 0.359 e. The van der Waals surface area contributed by atoms with Gasteiger partial charge in [-0.15, -0.1) is 0 Å². The summed E-state index contributed by atoms with van der Waals surface area (Å²) in [5, 5.41) is 20.3. The molecule has 2 rings (SSSR count). The SMILES string of the molecule is CCOC(=O)c1c(O)c(O)c(C(=O)OCC)n1-c1ccc(C)cc1. The second-order valence-electron chi connectivity index (χ2n) is 5.01. The summed E-state index contributed by atoms with van der Waals surface area (Å²) >= 11 is 0. The number of rotatable bonds is 5. The summed E-state index contributed by atoms with van der Waals surface area (Å²) < 4.78 is 11.0. The first-order valence-electron chi connectivity index (χ1n) is 7.50. The minimum atomic E-state index is -0.860. The molecule has 0 bridgehead atoms. The summed E-state index contributed by atoms with van der Waals surface area (Å²) in [4.78, 5) is 24.4. The van der Waals surface area contributed by atoms with Crippen molar-refractivity contribution in [2.75, 3.05) is 13.2 Å². The highest BCUT2D eigenvalue weighted by atomic mass is 16.5. The Balaban J connectivity index is 2.75. The van der Waals surface area contributed by atoms with E-state index in [1.54, 1.807) is 38.1 Å². The second-order valence-corrected chi connectivity index (χ2v) is 5.01. The van der Waals surface area contributed by atoms with Gasteiger partial charge in [0.25, 0.3) is 0 Å². The van der Waals surface area contributed by atoms with Gasteiger partial charge in [0, 0.05) is 5.69 Å². The maximum absolute atomic E-state index is 12.2. The number of benzene rings is 1. The average molecular weight is 333 g/mol. The molecule has 7 heteroatoms. The summed E-state index contributed by atoms with van der Waals surface area (Å²) in [7, 11) is 0. The third-order valence-corrected chi connectivity index (χ3v) is 3.35. The standard InChI is InChI=1S/C17H19NO6/c1-4-23-16(21)12-14(19)15(20)13(17(22)24-5-2)18(12)11-8-6-10(3)7-9-11/h6-9,19-20H,4-5H2,1-3H3. The van der Waals surface area contributed by atoms with Crippen LogP contribution >= 0.6 is 0 Å². The lowest BCUT2D eigenvalue weighted by Crippen LogP contribution is -2.16. The molecular weight excluding hydrogens is 314 g/mol. The van der Waals surface area contributed by atoms with Crippen molar-refractivity contribution in [3.63, 3.8) is 0 Å². The van der Waals surface area contributed by atoms with Gasteiger partial charge in [-0.1, -0.05) is 17.7 Å². The van der Waals surface area contributed by atoms with E-state index < -0.39 is 23.4 Å². The van der Waals surface area contributed by atoms with Gasteiger partial charge in [-0.05, 0) is 32.9 Å². The minimum Gasteiger partial charge on any atom is -0.503 e. The minimum absolute atomic E-state index is 0.0762. The van der Waals surface area contributed by atoms with Gasteiger partial charge in [0.05, 0.1) is 13.2 Å². The molecule has 2 N–H and O–H groups in total. The first-order chi connectivity index (χ1) is 11.4. The molecule has 7 nitrogen and oxygen atoms in total. The second kappa shape index (κ2) is 7.08. The van der Waals surface area contributed by atoms with Gasteiger partial charge in [-0.2, -0.15) is 0 Å². The van der Waals surface area contributed by atoms with E-state index in [0.29, 0.717) is 5.69 Å². The van der Waals surface area contributed by atoms with Crippen LogP contribution < -0.4 is 0 Å². The molecule has 0 spiro atoms. The van der Waals surface area contributed by atoms with Gasteiger partial charge >= 0.3 is 11.9 Å². The molecule has 0 aliphatic heterocycles. The summed E-state index contributed by atoms with van der Waals surface area (Å²) in [5.41, 5.74) is 0.708. The van der Waals surface area contributed by atoms with Crippen LogP contribution in [0.2, 0.25) is 0 Å². The molecule has 1 heterocycles. The van der Waals surface area contributed by atoms with Crippen LogP contribution in [-0.4, -0.2) is 39.9 Å². The van der Waals surface area contributed by atoms with Crippen molar-refractivity contribution in [2.45, 2.75) is 20.8 Å². The third kappa shape index (κ3) is 3.05. The van der Waals surface area contributed by atoms with Crippen molar-refractivity contribution >= 4 is 11.9 Å². The Morgan fingerprint density at radius 1 is 0.917 bits per heavy atom. The average Bonchev–Trinajstić information content (AvgIpc) is 2.80. The number of hydrogen-bond acceptors (Lipinski definition) is 6. The van der Waals surface area contributed by atoms with E-state index >= 15 is 0 Å². The number of carbonyl (C=O) groups is 2. The molecule has 0 aliphatic carbocycles. The number of aromatic nitrogens is 1. The van der Waals surface area contributed by atoms with E-state index in [0.717, 1.165) is 10.1 Å². The summed E-state index contributed by atoms with van der Waals surface area (Å²) in [5.74, 6) is -3.17. The van der Waals surface area contributed by atoms with Gasteiger partial charge < -0.3 is 19.7 Å². The Labute approximate surface area is 139 Å². The predicted molar refractivity (Wildman–Crippen MR) is 85.7 cm³/mol. The molecule has 0 saturated heterocycles. The van der Waals surface area contributed by atoms with Crippen LogP contribution in [0.5, 0.6) is 11.5 Å². The lowest BCUT2D eigenvalue weighted by molar-refractivity contribution is 0.0508. The van der Waals surface area contributed by atoms with Gasteiger partial charge in [0.1, 0.15) is 0 Å². The van der Waals surface area contributed by atoms with Gasteiger partial charge in [0.2, 0.25) is 0 Å². The topological polar surface area (TPSA) is 98.0 Å². The van der Waals surface area contributed by atoms with Gasteiger partial charge in [0.15, 0.2) is 22.9 Å². The highest BCUT2D eigenvalue weighted by Gasteiger charge is 2.33. The molecule has 24 heavy (non-hydrogen) atoms. The first kappa shape index (κ1) is 17.4.